The molecule has 1 aliphatic heterocycles. The van der Waals surface area contributed by atoms with E-state index in [4.69, 9.17) is 4.74 Å². The lowest BCUT2D eigenvalue weighted by Gasteiger charge is -2.29. The van der Waals surface area contributed by atoms with E-state index in [1.807, 2.05) is 41.3 Å². The zero-order chi connectivity index (χ0) is 18.7. The standard InChI is InChI=1S/C20H20BrNO4/c1-26-18(23)17-12-22(11-14-6-3-2-4-7-14)13-20(17,19(24)25)15-8-5-9-16(21)10-15/h2-10,17H,11-13H2,1H3,(H,24,25). The van der Waals surface area contributed by atoms with Gasteiger partial charge in [0.25, 0.3) is 0 Å². The number of methoxy groups -OCH3 is 1. The minimum atomic E-state index is -1.34. The van der Waals surface area contributed by atoms with Crippen LogP contribution in [0.5, 0.6) is 0 Å². The molecule has 3 rings (SSSR count). The zero-order valence-corrected chi connectivity index (χ0v) is 16.0. The molecule has 136 valence electrons. The molecule has 1 fully saturated rings. The Morgan fingerprint density at radius 1 is 1.23 bits per heavy atom. The fourth-order valence-corrected chi connectivity index (χ4v) is 4.12. The number of nitrogens with zero attached hydrogens (tertiary/aromatic N) is 1. The van der Waals surface area contributed by atoms with Gasteiger partial charge in [-0.3, -0.25) is 14.5 Å². The van der Waals surface area contributed by atoms with Crippen molar-refractivity contribution >= 4 is 27.9 Å². The van der Waals surface area contributed by atoms with Gasteiger partial charge >= 0.3 is 11.9 Å². The van der Waals surface area contributed by atoms with Gasteiger partial charge in [0.15, 0.2) is 0 Å². The van der Waals surface area contributed by atoms with Crippen LogP contribution in [-0.2, 0) is 26.3 Å². The first-order chi connectivity index (χ1) is 12.5. The number of aliphatic carboxylic acids is 1. The number of hydrogen-bond donors (Lipinski definition) is 1. The van der Waals surface area contributed by atoms with E-state index in [-0.39, 0.29) is 6.54 Å². The van der Waals surface area contributed by atoms with Gasteiger partial charge in [-0.15, -0.1) is 0 Å². The number of esters is 1. The summed E-state index contributed by atoms with van der Waals surface area (Å²) in [5, 5.41) is 10.2. The lowest BCUT2D eigenvalue weighted by Crippen LogP contribution is -2.46. The molecule has 2 aromatic carbocycles. The third-order valence-corrected chi connectivity index (χ3v) is 5.46. The van der Waals surface area contributed by atoms with Crippen LogP contribution in [0.1, 0.15) is 11.1 Å². The lowest BCUT2D eigenvalue weighted by atomic mass is 9.72. The SMILES string of the molecule is COC(=O)C1CN(Cc2ccccc2)CC1(C(=O)O)c1cccc(Br)c1. The summed E-state index contributed by atoms with van der Waals surface area (Å²) in [6.07, 6.45) is 0. The van der Waals surface area contributed by atoms with Crippen LogP contribution in [0.15, 0.2) is 59.1 Å². The number of hydrogen-bond acceptors (Lipinski definition) is 4. The highest BCUT2D eigenvalue weighted by Gasteiger charge is 2.57. The number of carboxylic acids is 1. The van der Waals surface area contributed by atoms with Crippen molar-refractivity contribution in [2.75, 3.05) is 20.2 Å². The van der Waals surface area contributed by atoms with Crippen LogP contribution in [0.3, 0.4) is 0 Å². The fraction of sp³-hybridized carbons (Fsp3) is 0.300. The molecule has 1 saturated heterocycles. The number of carbonyl (C=O) groups is 2. The third-order valence-electron chi connectivity index (χ3n) is 4.96. The topological polar surface area (TPSA) is 66.8 Å². The van der Waals surface area contributed by atoms with Gasteiger partial charge in [0, 0.05) is 24.1 Å². The Morgan fingerprint density at radius 3 is 2.58 bits per heavy atom. The summed E-state index contributed by atoms with van der Waals surface area (Å²) in [5.41, 5.74) is 0.336. The molecule has 0 saturated carbocycles. The quantitative estimate of drug-likeness (QED) is 0.757. The summed E-state index contributed by atoms with van der Waals surface area (Å²) in [5.74, 6) is -2.28. The fourth-order valence-electron chi connectivity index (χ4n) is 3.72. The van der Waals surface area contributed by atoms with Crippen LogP contribution in [0.4, 0.5) is 0 Å². The van der Waals surface area contributed by atoms with E-state index < -0.39 is 23.3 Å². The Morgan fingerprint density at radius 2 is 1.96 bits per heavy atom. The molecule has 0 bridgehead atoms. The second-order valence-electron chi connectivity index (χ2n) is 6.52. The monoisotopic (exact) mass is 417 g/mol. The average molecular weight is 418 g/mol. The highest BCUT2D eigenvalue weighted by molar-refractivity contribution is 9.10. The molecular weight excluding hydrogens is 398 g/mol. The predicted molar refractivity (Wildman–Crippen MR) is 101 cm³/mol. The molecule has 1 aliphatic rings. The number of halogens is 1. The molecule has 2 atom stereocenters. The Kier molecular flexibility index (Phi) is 5.44. The predicted octanol–water partition coefficient (Wildman–Crippen LogP) is 3.08. The van der Waals surface area contributed by atoms with E-state index >= 15 is 0 Å². The van der Waals surface area contributed by atoms with Crippen LogP contribution < -0.4 is 0 Å². The molecule has 5 nitrogen and oxygen atoms in total. The van der Waals surface area contributed by atoms with Crippen molar-refractivity contribution in [3.8, 4) is 0 Å². The Bertz CT molecular complexity index is 810. The Hall–Kier alpha value is -2.18. The number of benzene rings is 2. The molecule has 0 aromatic heterocycles. The van der Waals surface area contributed by atoms with Gasteiger partial charge < -0.3 is 9.84 Å². The van der Waals surface area contributed by atoms with Crippen molar-refractivity contribution < 1.29 is 19.4 Å². The Balaban J connectivity index is 2.02. The summed E-state index contributed by atoms with van der Waals surface area (Å²) < 4.78 is 5.73. The molecule has 2 aromatic rings. The molecule has 0 radical (unpaired) electrons. The van der Waals surface area contributed by atoms with Gasteiger partial charge in [0.1, 0.15) is 5.41 Å². The van der Waals surface area contributed by atoms with Crippen LogP contribution in [-0.4, -0.2) is 42.1 Å². The molecule has 1 N–H and O–H groups in total. The summed E-state index contributed by atoms with van der Waals surface area (Å²) in [7, 11) is 1.30. The molecule has 6 heteroatoms. The maximum Gasteiger partial charge on any atom is 0.316 e. The number of carbonyl (C=O) groups excluding carboxylic acids is 1. The van der Waals surface area contributed by atoms with Crippen molar-refractivity contribution in [2.45, 2.75) is 12.0 Å². The zero-order valence-electron chi connectivity index (χ0n) is 14.4. The lowest BCUT2D eigenvalue weighted by molar-refractivity contribution is -0.155. The minimum Gasteiger partial charge on any atom is -0.481 e. The minimum absolute atomic E-state index is 0.243. The number of ether oxygens (including phenoxy) is 1. The smallest absolute Gasteiger partial charge is 0.316 e. The second kappa shape index (κ2) is 7.60. The molecule has 26 heavy (non-hydrogen) atoms. The van der Waals surface area contributed by atoms with Crippen LogP contribution >= 0.6 is 15.9 Å². The summed E-state index contributed by atoms with van der Waals surface area (Å²) in [6, 6.07) is 17.0. The van der Waals surface area contributed by atoms with E-state index in [9.17, 15) is 14.7 Å². The van der Waals surface area contributed by atoms with Crippen LogP contribution in [0.2, 0.25) is 0 Å². The first-order valence-corrected chi connectivity index (χ1v) is 9.10. The number of rotatable bonds is 5. The van der Waals surface area contributed by atoms with Crippen molar-refractivity contribution in [1.82, 2.24) is 4.90 Å². The van der Waals surface area contributed by atoms with E-state index in [2.05, 4.69) is 15.9 Å². The number of likely N-dealkylation sites (tertiary alicyclic amines) is 1. The van der Waals surface area contributed by atoms with Crippen molar-refractivity contribution in [3.63, 3.8) is 0 Å². The summed E-state index contributed by atoms with van der Waals surface area (Å²) in [4.78, 5) is 26.9. The summed E-state index contributed by atoms with van der Waals surface area (Å²) in [6.45, 7) is 1.16. The normalized spacial score (nSPS) is 22.9. The second-order valence-corrected chi connectivity index (χ2v) is 7.43. The molecule has 0 amide bonds. The molecule has 0 spiro atoms. The maximum absolute atomic E-state index is 12.5. The van der Waals surface area contributed by atoms with Gasteiger partial charge in [-0.05, 0) is 23.3 Å². The van der Waals surface area contributed by atoms with Gasteiger partial charge in [0.05, 0.1) is 13.0 Å². The highest BCUT2D eigenvalue weighted by Crippen LogP contribution is 2.41. The van der Waals surface area contributed by atoms with Crippen molar-refractivity contribution in [2.24, 2.45) is 5.92 Å². The van der Waals surface area contributed by atoms with Crippen molar-refractivity contribution in [1.29, 1.82) is 0 Å². The van der Waals surface area contributed by atoms with Crippen LogP contribution in [0.25, 0.3) is 0 Å². The number of carboxylic acid groups (broad SMARTS) is 1. The molecule has 0 aliphatic carbocycles. The molecule has 1 heterocycles. The first kappa shape index (κ1) is 18.6. The Labute approximate surface area is 160 Å². The maximum atomic E-state index is 12.5. The van der Waals surface area contributed by atoms with E-state index in [0.29, 0.717) is 18.7 Å². The van der Waals surface area contributed by atoms with Gasteiger partial charge in [0.2, 0.25) is 0 Å². The first-order valence-electron chi connectivity index (χ1n) is 8.31. The average Bonchev–Trinajstić information content (AvgIpc) is 3.02. The van der Waals surface area contributed by atoms with E-state index in [1.165, 1.54) is 7.11 Å². The largest absolute Gasteiger partial charge is 0.481 e. The van der Waals surface area contributed by atoms with Gasteiger partial charge in [-0.2, -0.15) is 0 Å². The van der Waals surface area contributed by atoms with Gasteiger partial charge in [-0.25, -0.2) is 0 Å². The van der Waals surface area contributed by atoms with E-state index in [0.717, 1.165) is 10.0 Å². The van der Waals surface area contributed by atoms with Crippen LogP contribution in [0, 0.1) is 5.92 Å². The molecular formula is C20H20BrNO4. The van der Waals surface area contributed by atoms with Crippen molar-refractivity contribution in [3.05, 3.63) is 70.2 Å². The molecule has 2 unspecified atom stereocenters. The summed E-state index contributed by atoms with van der Waals surface area (Å²) >= 11 is 3.40. The van der Waals surface area contributed by atoms with Gasteiger partial charge in [-0.1, -0.05) is 58.4 Å². The van der Waals surface area contributed by atoms with E-state index in [1.54, 1.807) is 18.2 Å². The third kappa shape index (κ3) is 3.39. The highest BCUT2D eigenvalue weighted by atomic mass is 79.9.